The molecule has 1 aromatic rings. The maximum Gasteiger partial charge on any atom is 0.257 e. The van der Waals surface area contributed by atoms with Gasteiger partial charge in [0.05, 0.1) is 30.0 Å². The van der Waals surface area contributed by atoms with Gasteiger partial charge in [0.15, 0.2) is 0 Å². The fraction of sp³-hybridized carbons (Fsp3) is 0.688. The molecule has 0 saturated carbocycles. The van der Waals surface area contributed by atoms with Gasteiger partial charge in [-0.3, -0.25) is 9.69 Å². The van der Waals surface area contributed by atoms with Crippen molar-refractivity contribution in [3.05, 3.63) is 23.8 Å². The summed E-state index contributed by atoms with van der Waals surface area (Å²) in [6.45, 7) is 7.26. The van der Waals surface area contributed by atoms with Gasteiger partial charge in [-0.2, -0.15) is 0 Å². The number of piperidine rings is 1. The third-order valence-corrected chi connectivity index (χ3v) is 4.67. The summed E-state index contributed by atoms with van der Waals surface area (Å²) in [5.74, 6) is 0.252. The van der Waals surface area contributed by atoms with Crippen molar-refractivity contribution in [2.24, 2.45) is 0 Å². The van der Waals surface area contributed by atoms with E-state index in [1.165, 1.54) is 6.33 Å². The average molecular weight is 304 g/mol. The molecular formula is C16H24N4O2. The maximum absolute atomic E-state index is 12.9. The Labute approximate surface area is 131 Å². The first kappa shape index (κ1) is 15.4. The minimum Gasteiger partial charge on any atom is -0.375 e. The minimum atomic E-state index is 0.0433. The zero-order chi connectivity index (χ0) is 15.7. The number of fused-ring (bicyclic) bond motifs is 1. The molecule has 2 fully saturated rings. The summed E-state index contributed by atoms with van der Waals surface area (Å²) in [5.41, 5.74) is 1.46. The number of likely N-dealkylation sites (tertiary alicyclic amines) is 1. The molecule has 2 atom stereocenters. The van der Waals surface area contributed by atoms with Crippen molar-refractivity contribution < 1.29 is 9.53 Å². The monoisotopic (exact) mass is 304 g/mol. The second kappa shape index (κ2) is 6.30. The highest BCUT2D eigenvalue weighted by atomic mass is 16.5. The Bertz CT molecular complexity index is 549. The normalized spacial score (nSPS) is 26.1. The predicted molar refractivity (Wildman–Crippen MR) is 82.8 cm³/mol. The Morgan fingerprint density at radius 3 is 3.00 bits per heavy atom. The molecule has 0 aliphatic carbocycles. The van der Waals surface area contributed by atoms with Gasteiger partial charge in [0.2, 0.25) is 0 Å². The van der Waals surface area contributed by atoms with Crippen molar-refractivity contribution >= 4 is 5.91 Å². The van der Waals surface area contributed by atoms with Crippen molar-refractivity contribution in [2.45, 2.75) is 38.3 Å². The Morgan fingerprint density at radius 2 is 2.23 bits per heavy atom. The van der Waals surface area contributed by atoms with Crippen molar-refractivity contribution in [3.63, 3.8) is 0 Å². The number of amides is 1. The van der Waals surface area contributed by atoms with E-state index in [9.17, 15) is 4.79 Å². The molecule has 2 aliphatic rings. The highest BCUT2D eigenvalue weighted by molar-refractivity contribution is 5.95. The van der Waals surface area contributed by atoms with Gasteiger partial charge in [0, 0.05) is 25.8 Å². The van der Waals surface area contributed by atoms with Gasteiger partial charge in [-0.1, -0.05) is 13.8 Å². The smallest absolute Gasteiger partial charge is 0.257 e. The number of morpholine rings is 1. The standard InChI is InChI=1S/C16H24N4O2/c1-11(2)15-12(8-17-10-18-15)16(21)20-5-4-14-13(9-20)19(3)6-7-22-14/h8,10-11,13-14H,4-7,9H2,1-3H3/t13-,14-/m1/s1. The van der Waals surface area contributed by atoms with E-state index < -0.39 is 0 Å². The van der Waals surface area contributed by atoms with Gasteiger partial charge in [-0.25, -0.2) is 9.97 Å². The van der Waals surface area contributed by atoms with Gasteiger partial charge < -0.3 is 9.64 Å². The SMILES string of the molecule is CC(C)c1ncncc1C(=O)N1CC[C@H]2OCCN(C)[C@@H]2C1. The summed E-state index contributed by atoms with van der Waals surface area (Å²) in [6, 6.07) is 0.290. The van der Waals surface area contributed by atoms with Gasteiger partial charge in [0.25, 0.3) is 5.91 Å². The van der Waals surface area contributed by atoms with Crippen LogP contribution in [0.15, 0.2) is 12.5 Å². The molecule has 3 rings (SSSR count). The number of rotatable bonds is 2. The van der Waals surface area contributed by atoms with Crippen LogP contribution in [0, 0.1) is 0 Å². The number of carbonyl (C=O) groups excluding carboxylic acids is 1. The van der Waals surface area contributed by atoms with E-state index in [2.05, 4.69) is 21.9 Å². The Morgan fingerprint density at radius 1 is 1.41 bits per heavy atom. The summed E-state index contributed by atoms with van der Waals surface area (Å²) in [7, 11) is 2.11. The molecule has 1 amide bonds. The van der Waals surface area contributed by atoms with Gasteiger partial charge >= 0.3 is 0 Å². The lowest BCUT2D eigenvalue weighted by molar-refractivity contribution is -0.0893. The van der Waals surface area contributed by atoms with E-state index in [1.54, 1.807) is 6.20 Å². The fourth-order valence-corrected chi connectivity index (χ4v) is 3.36. The van der Waals surface area contributed by atoms with Crippen molar-refractivity contribution in [3.8, 4) is 0 Å². The van der Waals surface area contributed by atoms with Gasteiger partial charge in [0.1, 0.15) is 6.33 Å². The van der Waals surface area contributed by atoms with Crippen molar-refractivity contribution in [2.75, 3.05) is 33.3 Å². The molecule has 120 valence electrons. The lowest BCUT2D eigenvalue weighted by Crippen LogP contribution is -2.59. The summed E-state index contributed by atoms with van der Waals surface area (Å²) < 4.78 is 5.84. The van der Waals surface area contributed by atoms with E-state index in [4.69, 9.17) is 4.74 Å². The number of hydrogen-bond donors (Lipinski definition) is 0. The topological polar surface area (TPSA) is 58.6 Å². The molecule has 0 bridgehead atoms. The second-order valence-electron chi connectivity index (χ2n) is 6.47. The number of ether oxygens (including phenoxy) is 1. The summed E-state index contributed by atoms with van der Waals surface area (Å²) in [5, 5.41) is 0. The zero-order valence-corrected chi connectivity index (χ0v) is 13.5. The van der Waals surface area contributed by atoms with Gasteiger partial charge in [-0.15, -0.1) is 0 Å². The maximum atomic E-state index is 12.9. The van der Waals surface area contributed by atoms with Crippen LogP contribution in [0.3, 0.4) is 0 Å². The first-order valence-electron chi connectivity index (χ1n) is 7.99. The molecule has 0 radical (unpaired) electrons. The number of hydrogen-bond acceptors (Lipinski definition) is 5. The quantitative estimate of drug-likeness (QED) is 0.820. The highest BCUT2D eigenvalue weighted by Crippen LogP contribution is 2.24. The lowest BCUT2D eigenvalue weighted by Gasteiger charge is -2.45. The minimum absolute atomic E-state index is 0.0433. The summed E-state index contributed by atoms with van der Waals surface area (Å²) in [4.78, 5) is 25.5. The number of aromatic nitrogens is 2. The van der Waals surface area contributed by atoms with Crippen LogP contribution >= 0.6 is 0 Å². The van der Waals surface area contributed by atoms with Crippen LogP contribution in [-0.2, 0) is 4.74 Å². The van der Waals surface area contributed by atoms with Crippen LogP contribution in [0.1, 0.15) is 42.2 Å². The third-order valence-electron chi connectivity index (χ3n) is 4.67. The molecule has 2 saturated heterocycles. The predicted octanol–water partition coefficient (Wildman–Crippen LogP) is 1.15. The lowest BCUT2D eigenvalue weighted by atomic mass is 9.97. The van der Waals surface area contributed by atoms with E-state index >= 15 is 0 Å². The molecule has 0 aromatic carbocycles. The van der Waals surface area contributed by atoms with Crippen LogP contribution in [0.25, 0.3) is 0 Å². The Hall–Kier alpha value is -1.53. The van der Waals surface area contributed by atoms with Crippen molar-refractivity contribution in [1.82, 2.24) is 19.8 Å². The zero-order valence-electron chi connectivity index (χ0n) is 13.5. The molecule has 22 heavy (non-hydrogen) atoms. The van der Waals surface area contributed by atoms with Gasteiger partial charge in [-0.05, 0) is 19.4 Å². The second-order valence-corrected chi connectivity index (χ2v) is 6.47. The molecule has 3 heterocycles. The van der Waals surface area contributed by atoms with E-state index in [0.29, 0.717) is 18.2 Å². The summed E-state index contributed by atoms with van der Waals surface area (Å²) in [6.07, 6.45) is 4.31. The molecule has 0 spiro atoms. The van der Waals surface area contributed by atoms with Crippen LogP contribution in [0.5, 0.6) is 0 Å². The number of nitrogens with zero attached hydrogens (tertiary/aromatic N) is 4. The fourth-order valence-electron chi connectivity index (χ4n) is 3.36. The average Bonchev–Trinajstić information content (AvgIpc) is 2.54. The molecule has 6 heteroatoms. The van der Waals surface area contributed by atoms with Crippen LogP contribution in [-0.4, -0.2) is 71.1 Å². The largest absolute Gasteiger partial charge is 0.375 e. The first-order chi connectivity index (χ1) is 10.6. The van der Waals surface area contributed by atoms with Crippen molar-refractivity contribution in [1.29, 1.82) is 0 Å². The number of likely N-dealkylation sites (N-methyl/N-ethyl adjacent to an activating group) is 1. The van der Waals surface area contributed by atoms with Crippen LogP contribution in [0.4, 0.5) is 0 Å². The first-order valence-corrected chi connectivity index (χ1v) is 7.99. The van der Waals surface area contributed by atoms with E-state index in [-0.39, 0.29) is 17.9 Å². The Balaban J connectivity index is 1.78. The van der Waals surface area contributed by atoms with E-state index in [1.807, 2.05) is 18.7 Å². The highest BCUT2D eigenvalue weighted by Gasteiger charge is 2.37. The summed E-state index contributed by atoms with van der Waals surface area (Å²) >= 11 is 0. The Kier molecular flexibility index (Phi) is 4.40. The third kappa shape index (κ3) is 2.85. The molecular weight excluding hydrogens is 280 g/mol. The van der Waals surface area contributed by atoms with Crippen LogP contribution in [0.2, 0.25) is 0 Å². The molecule has 6 nitrogen and oxygen atoms in total. The number of carbonyl (C=O) groups is 1. The van der Waals surface area contributed by atoms with Crippen LogP contribution < -0.4 is 0 Å². The molecule has 0 N–H and O–H groups in total. The van der Waals surface area contributed by atoms with E-state index in [0.717, 1.165) is 31.8 Å². The molecule has 2 aliphatic heterocycles. The molecule has 1 aromatic heterocycles. The molecule has 0 unspecified atom stereocenters.